The average molecular weight is 362 g/mol. The van der Waals surface area contributed by atoms with Crippen LogP contribution in [-0.2, 0) is 4.79 Å². The molecular weight excluding hydrogens is 342 g/mol. The Balaban J connectivity index is 1.76. The van der Waals surface area contributed by atoms with Crippen LogP contribution in [0.15, 0.2) is 42.5 Å². The summed E-state index contributed by atoms with van der Waals surface area (Å²) in [5, 5.41) is 5.20. The zero-order valence-corrected chi connectivity index (χ0v) is 14.4. The highest BCUT2D eigenvalue weighted by Crippen LogP contribution is 2.17. The molecule has 2 N–H and O–H groups in total. The first-order chi connectivity index (χ1) is 12.5. The molecule has 0 unspecified atom stereocenters. The monoisotopic (exact) mass is 362 g/mol. The van der Waals surface area contributed by atoms with Crippen molar-refractivity contribution >= 4 is 17.5 Å². The van der Waals surface area contributed by atoms with Gasteiger partial charge in [0.1, 0.15) is 5.75 Å². The summed E-state index contributed by atoms with van der Waals surface area (Å²) in [6, 6.07) is 10.0. The minimum Gasteiger partial charge on any atom is -0.493 e. The molecule has 5 nitrogen and oxygen atoms in total. The summed E-state index contributed by atoms with van der Waals surface area (Å²) in [5.74, 6) is -2.13. The number of anilines is 1. The SMILES string of the molecule is CCOc1ccccc1C(=O)NCCCC(=O)Nc1ccc(F)c(F)c1. The molecule has 0 fully saturated rings. The summed E-state index contributed by atoms with van der Waals surface area (Å²) < 4.78 is 31.3. The van der Waals surface area contributed by atoms with E-state index in [2.05, 4.69) is 10.6 Å². The van der Waals surface area contributed by atoms with E-state index in [0.717, 1.165) is 12.1 Å². The van der Waals surface area contributed by atoms with Gasteiger partial charge in [0, 0.05) is 24.7 Å². The van der Waals surface area contributed by atoms with Gasteiger partial charge in [0.05, 0.1) is 12.2 Å². The zero-order valence-electron chi connectivity index (χ0n) is 14.4. The molecule has 0 spiro atoms. The summed E-state index contributed by atoms with van der Waals surface area (Å²) in [4.78, 5) is 24.0. The van der Waals surface area contributed by atoms with E-state index < -0.39 is 11.6 Å². The zero-order chi connectivity index (χ0) is 18.9. The standard InChI is InChI=1S/C19H20F2N2O3/c1-2-26-17-7-4-3-6-14(17)19(25)22-11-5-8-18(24)23-13-9-10-15(20)16(21)12-13/h3-4,6-7,9-10,12H,2,5,8,11H2,1H3,(H,22,25)(H,23,24). The highest BCUT2D eigenvalue weighted by molar-refractivity contribution is 5.97. The fourth-order valence-corrected chi connectivity index (χ4v) is 2.28. The van der Waals surface area contributed by atoms with Crippen molar-refractivity contribution in [3.8, 4) is 5.75 Å². The van der Waals surface area contributed by atoms with E-state index in [4.69, 9.17) is 4.74 Å². The minimum absolute atomic E-state index is 0.131. The number of ether oxygens (including phenoxy) is 1. The third kappa shape index (κ3) is 5.54. The largest absolute Gasteiger partial charge is 0.493 e. The van der Waals surface area contributed by atoms with Crippen LogP contribution in [0, 0.1) is 11.6 Å². The summed E-state index contributed by atoms with van der Waals surface area (Å²) in [6.07, 6.45) is 0.532. The van der Waals surface area contributed by atoms with Crippen molar-refractivity contribution in [2.45, 2.75) is 19.8 Å². The molecule has 138 valence electrons. The molecule has 2 aromatic rings. The molecule has 26 heavy (non-hydrogen) atoms. The maximum Gasteiger partial charge on any atom is 0.255 e. The minimum atomic E-state index is -1.02. The second kappa shape index (κ2) is 9.50. The summed E-state index contributed by atoms with van der Waals surface area (Å²) >= 11 is 0. The van der Waals surface area contributed by atoms with Crippen LogP contribution in [0.1, 0.15) is 30.1 Å². The van der Waals surface area contributed by atoms with Crippen molar-refractivity contribution in [1.29, 1.82) is 0 Å². The number of hydrogen-bond acceptors (Lipinski definition) is 3. The van der Waals surface area contributed by atoms with Gasteiger partial charge in [-0.15, -0.1) is 0 Å². The number of carbonyl (C=O) groups excluding carboxylic acids is 2. The predicted octanol–water partition coefficient (Wildman–Crippen LogP) is 3.51. The van der Waals surface area contributed by atoms with Crippen molar-refractivity contribution in [2.24, 2.45) is 0 Å². The van der Waals surface area contributed by atoms with E-state index in [-0.39, 0.29) is 23.9 Å². The van der Waals surface area contributed by atoms with Gasteiger partial charge in [-0.25, -0.2) is 8.78 Å². The lowest BCUT2D eigenvalue weighted by Crippen LogP contribution is -2.26. The summed E-state index contributed by atoms with van der Waals surface area (Å²) in [7, 11) is 0. The van der Waals surface area contributed by atoms with Gasteiger partial charge in [-0.2, -0.15) is 0 Å². The van der Waals surface area contributed by atoms with Crippen molar-refractivity contribution in [1.82, 2.24) is 5.32 Å². The topological polar surface area (TPSA) is 67.4 Å². The quantitative estimate of drug-likeness (QED) is 0.706. The number of benzene rings is 2. The molecule has 0 aliphatic rings. The smallest absolute Gasteiger partial charge is 0.255 e. The van der Waals surface area contributed by atoms with E-state index in [1.807, 2.05) is 6.92 Å². The van der Waals surface area contributed by atoms with Gasteiger partial charge in [0.15, 0.2) is 11.6 Å². The molecule has 2 amide bonds. The first kappa shape index (κ1) is 19.4. The van der Waals surface area contributed by atoms with Gasteiger partial charge in [0.25, 0.3) is 5.91 Å². The van der Waals surface area contributed by atoms with Crippen molar-refractivity contribution in [3.05, 3.63) is 59.7 Å². The van der Waals surface area contributed by atoms with Gasteiger partial charge in [0.2, 0.25) is 5.91 Å². The van der Waals surface area contributed by atoms with E-state index in [0.29, 0.717) is 30.9 Å². The van der Waals surface area contributed by atoms with Crippen LogP contribution in [0.25, 0.3) is 0 Å². The van der Waals surface area contributed by atoms with Gasteiger partial charge >= 0.3 is 0 Å². The van der Waals surface area contributed by atoms with Gasteiger partial charge < -0.3 is 15.4 Å². The first-order valence-electron chi connectivity index (χ1n) is 8.26. The van der Waals surface area contributed by atoms with Crippen LogP contribution in [0.2, 0.25) is 0 Å². The predicted molar refractivity (Wildman–Crippen MR) is 94.2 cm³/mol. The average Bonchev–Trinajstić information content (AvgIpc) is 2.62. The van der Waals surface area contributed by atoms with E-state index in [9.17, 15) is 18.4 Å². The number of halogens is 2. The Morgan fingerprint density at radius 3 is 2.58 bits per heavy atom. The molecule has 0 saturated carbocycles. The third-order valence-electron chi connectivity index (χ3n) is 3.50. The van der Waals surface area contributed by atoms with Crippen LogP contribution in [-0.4, -0.2) is 25.0 Å². The second-order valence-corrected chi connectivity index (χ2v) is 5.47. The second-order valence-electron chi connectivity index (χ2n) is 5.47. The Bertz CT molecular complexity index is 781. The molecular formula is C19H20F2N2O3. The van der Waals surface area contributed by atoms with Crippen LogP contribution < -0.4 is 15.4 Å². The first-order valence-corrected chi connectivity index (χ1v) is 8.26. The normalized spacial score (nSPS) is 10.3. The lowest BCUT2D eigenvalue weighted by atomic mass is 10.2. The van der Waals surface area contributed by atoms with Gasteiger partial charge in [-0.1, -0.05) is 12.1 Å². The van der Waals surface area contributed by atoms with Crippen LogP contribution in [0.5, 0.6) is 5.75 Å². The lowest BCUT2D eigenvalue weighted by Gasteiger charge is -2.10. The molecule has 0 radical (unpaired) electrons. The molecule has 0 atom stereocenters. The number of carbonyl (C=O) groups is 2. The summed E-state index contributed by atoms with van der Waals surface area (Å²) in [6.45, 7) is 2.58. The third-order valence-corrected chi connectivity index (χ3v) is 3.50. The van der Waals surface area contributed by atoms with Crippen molar-refractivity contribution in [3.63, 3.8) is 0 Å². The molecule has 7 heteroatoms. The Hall–Kier alpha value is -2.96. The van der Waals surface area contributed by atoms with E-state index >= 15 is 0 Å². The van der Waals surface area contributed by atoms with E-state index in [1.165, 1.54) is 6.07 Å². The van der Waals surface area contributed by atoms with E-state index in [1.54, 1.807) is 24.3 Å². The van der Waals surface area contributed by atoms with Crippen LogP contribution >= 0.6 is 0 Å². The highest BCUT2D eigenvalue weighted by Gasteiger charge is 2.11. The van der Waals surface area contributed by atoms with Gasteiger partial charge in [-0.3, -0.25) is 9.59 Å². The molecule has 0 bridgehead atoms. The lowest BCUT2D eigenvalue weighted by molar-refractivity contribution is -0.116. The maximum absolute atomic E-state index is 13.1. The van der Waals surface area contributed by atoms with Crippen LogP contribution in [0.4, 0.5) is 14.5 Å². The number of amides is 2. The number of para-hydroxylation sites is 1. The summed E-state index contributed by atoms with van der Waals surface area (Å²) in [5.41, 5.74) is 0.615. The van der Waals surface area contributed by atoms with Gasteiger partial charge in [-0.05, 0) is 37.6 Å². The number of hydrogen-bond donors (Lipinski definition) is 2. The molecule has 0 heterocycles. The Morgan fingerprint density at radius 1 is 1.08 bits per heavy atom. The fourth-order valence-electron chi connectivity index (χ4n) is 2.28. The molecule has 0 aliphatic carbocycles. The Labute approximate surface area is 150 Å². The molecule has 2 rings (SSSR count). The Morgan fingerprint density at radius 2 is 1.85 bits per heavy atom. The fraction of sp³-hybridized carbons (Fsp3) is 0.263. The van der Waals surface area contributed by atoms with Crippen LogP contribution in [0.3, 0.4) is 0 Å². The Kier molecular flexibility index (Phi) is 7.08. The molecule has 0 aromatic heterocycles. The maximum atomic E-state index is 13.1. The molecule has 0 aliphatic heterocycles. The number of rotatable bonds is 8. The number of nitrogens with one attached hydrogen (secondary N) is 2. The highest BCUT2D eigenvalue weighted by atomic mass is 19.2. The van der Waals surface area contributed by atoms with Crippen molar-refractivity contribution in [2.75, 3.05) is 18.5 Å². The van der Waals surface area contributed by atoms with Crippen molar-refractivity contribution < 1.29 is 23.1 Å². The molecule has 0 saturated heterocycles. The molecule has 2 aromatic carbocycles.